The number of halogens is 2. The molecule has 3 aromatic rings. The maximum Gasteiger partial charge on any atom is 0.246 e. The van der Waals surface area contributed by atoms with Crippen molar-refractivity contribution >= 4 is 36.4 Å². The molecule has 1 amide bonds. The summed E-state index contributed by atoms with van der Waals surface area (Å²) in [6.45, 7) is 0.387. The molecule has 0 spiro atoms. The van der Waals surface area contributed by atoms with Crippen LogP contribution in [0.25, 0.3) is 0 Å². The maximum absolute atomic E-state index is 12.5. The van der Waals surface area contributed by atoms with Crippen molar-refractivity contribution in [2.24, 2.45) is 14.1 Å². The molecule has 28 heavy (non-hydrogen) atoms. The molecule has 0 saturated carbocycles. The van der Waals surface area contributed by atoms with Gasteiger partial charge >= 0.3 is 0 Å². The Bertz CT molecular complexity index is 878. The first-order chi connectivity index (χ1) is 12.6. The van der Waals surface area contributed by atoms with Crippen molar-refractivity contribution < 1.29 is 9.53 Å². The lowest BCUT2D eigenvalue weighted by Crippen LogP contribution is -2.30. The molecule has 1 atom stereocenters. The summed E-state index contributed by atoms with van der Waals surface area (Å²) in [5, 5.41) is 10.0. The summed E-state index contributed by atoms with van der Waals surface area (Å²) >= 11 is 0. The molecule has 3 rings (SSSR count). The number of rotatable bonds is 7. The van der Waals surface area contributed by atoms with Crippen LogP contribution in [-0.4, -0.2) is 32.3 Å². The van der Waals surface area contributed by atoms with Crippen molar-refractivity contribution in [3.63, 3.8) is 0 Å². The number of carbonyl (C=O) groups is 1. The first-order valence-electron chi connectivity index (χ1n) is 8.22. The fourth-order valence-electron chi connectivity index (χ4n) is 2.57. The molecule has 2 heterocycles. The van der Waals surface area contributed by atoms with Crippen LogP contribution in [0.2, 0.25) is 0 Å². The summed E-state index contributed by atoms with van der Waals surface area (Å²) < 4.78 is 9.29. The van der Waals surface area contributed by atoms with Crippen LogP contribution in [0, 0.1) is 0 Å². The molecule has 152 valence electrons. The number of nitrogens with zero attached hydrogens (tertiary/aromatic N) is 4. The van der Waals surface area contributed by atoms with E-state index in [-0.39, 0.29) is 30.7 Å². The van der Waals surface area contributed by atoms with Crippen LogP contribution < -0.4 is 15.4 Å². The second kappa shape index (κ2) is 10.7. The zero-order chi connectivity index (χ0) is 18.5. The molecule has 0 radical (unpaired) electrons. The minimum absolute atomic E-state index is 0. The molecule has 0 fully saturated rings. The molecule has 0 saturated heterocycles. The number of hydrogen-bond donors (Lipinski definition) is 2. The van der Waals surface area contributed by atoms with Crippen LogP contribution >= 0.6 is 24.8 Å². The van der Waals surface area contributed by atoms with Gasteiger partial charge in [-0.1, -0.05) is 0 Å². The van der Waals surface area contributed by atoms with E-state index >= 15 is 0 Å². The van der Waals surface area contributed by atoms with Gasteiger partial charge in [0, 0.05) is 43.9 Å². The van der Waals surface area contributed by atoms with E-state index in [4.69, 9.17) is 4.74 Å². The van der Waals surface area contributed by atoms with Crippen LogP contribution in [0.3, 0.4) is 0 Å². The number of hydrogen-bond acceptors (Lipinski definition) is 5. The predicted octanol–water partition coefficient (Wildman–Crippen LogP) is 2.48. The minimum atomic E-state index is -0.469. The highest BCUT2D eigenvalue weighted by Crippen LogP contribution is 2.19. The van der Waals surface area contributed by atoms with Crippen LogP contribution in [-0.2, 0) is 25.5 Å². The Morgan fingerprint density at radius 3 is 2.46 bits per heavy atom. The predicted molar refractivity (Wildman–Crippen MR) is 112 cm³/mol. The molecular weight excluding hydrogens is 403 g/mol. The number of anilines is 1. The van der Waals surface area contributed by atoms with Crippen molar-refractivity contribution in [2.75, 3.05) is 12.4 Å². The topological polar surface area (TPSA) is 86.0 Å². The maximum atomic E-state index is 12.5. The fraction of sp³-hybridized carbons (Fsp3) is 0.278. The number of nitrogens with one attached hydrogen (secondary N) is 2. The fourth-order valence-corrected chi connectivity index (χ4v) is 2.57. The van der Waals surface area contributed by atoms with E-state index < -0.39 is 6.04 Å². The first-order valence-corrected chi connectivity index (χ1v) is 8.22. The summed E-state index contributed by atoms with van der Waals surface area (Å²) in [7, 11) is 5.48. The van der Waals surface area contributed by atoms with E-state index in [1.54, 1.807) is 24.1 Å². The van der Waals surface area contributed by atoms with E-state index in [1.807, 2.05) is 55.3 Å². The highest BCUT2D eigenvalue weighted by molar-refractivity contribution is 5.95. The van der Waals surface area contributed by atoms with Crippen LogP contribution in [0.1, 0.15) is 17.4 Å². The molecule has 2 N–H and O–H groups in total. The average Bonchev–Trinajstić information content (AvgIpc) is 3.23. The van der Waals surface area contributed by atoms with Crippen molar-refractivity contribution in [3.05, 3.63) is 60.4 Å². The van der Waals surface area contributed by atoms with E-state index in [2.05, 4.69) is 20.7 Å². The largest absolute Gasteiger partial charge is 0.486 e. The molecular formula is C18H24Cl2N6O2. The number of carbonyl (C=O) groups excluding carboxylic acids is 1. The molecule has 0 aliphatic carbocycles. The van der Waals surface area contributed by atoms with Gasteiger partial charge in [0.1, 0.15) is 24.2 Å². The number of benzene rings is 1. The molecule has 1 aromatic carbocycles. The summed E-state index contributed by atoms with van der Waals surface area (Å²) in [5.74, 6) is 1.40. The van der Waals surface area contributed by atoms with Crippen molar-refractivity contribution in [1.82, 2.24) is 24.6 Å². The number of imidazole rings is 1. The van der Waals surface area contributed by atoms with Crippen molar-refractivity contribution in [3.8, 4) is 5.75 Å². The van der Waals surface area contributed by atoms with Gasteiger partial charge in [0.05, 0.1) is 6.20 Å². The number of likely N-dealkylation sites (N-methyl/N-ethyl adjacent to an activating group) is 1. The first kappa shape index (κ1) is 23.5. The average molecular weight is 427 g/mol. The summed E-state index contributed by atoms with van der Waals surface area (Å²) in [5.41, 5.74) is 1.51. The van der Waals surface area contributed by atoms with Crippen LogP contribution in [0.5, 0.6) is 5.75 Å². The molecule has 2 aromatic heterocycles. The van der Waals surface area contributed by atoms with E-state index in [1.165, 1.54) is 0 Å². The van der Waals surface area contributed by atoms with Gasteiger partial charge in [-0.2, -0.15) is 5.10 Å². The van der Waals surface area contributed by atoms with Gasteiger partial charge in [0.2, 0.25) is 5.91 Å². The van der Waals surface area contributed by atoms with Crippen LogP contribution in [0.4, 0.5) is 5.69 Å². The number of amides is 1. The Kier molecular flexibility index (Phi) is 8.98. The minimum Gasteiger partial charge on any atom is -0.486 e. The number of aryl methyl sites for hydroxylation is 2. The van der Waals surface area contributed by atoms with Crippen molar-refractivity contribution in [1.29, 1.82) is 0 Å². The molecule has 1 unspecified atom stereocenters. The molecule has 8 nitrogen and oxygen atoms in total. The molecule has 0 aliphatic rings. The highest BCUT2D eigenvalue weighted by atomic mass is 35.5. The van der Waals surface area contributed by atoms with Gasteiger partial charge < -0.3 is 19.9 Å². The smallest absolute Gasteiger partial charge is 0.246 e. The number of ether oxygens (including phenoxy) is 1. The lowest BCUT2D eigenvalue weighted by molar-refractivity contribution is -0.118. The monoisotopic (exact) mass is 426 g/mol. The van der Waals surface area contributed by atoms with Gasteiger partial charge in [0.25, 0.3) is 0 Å². The molecule has 0 bridgehead atoms. The van der Waals surface area contributed by atoms with Gasteiger partial charge in [0.15, 0.2) is 0 Å². The Labute approximate surface area is 176 Å². The Morgan fingerprint density at radius 1 is 1.21 bits per heavy atom. The van der Waals surface area contributed by atoms with E-state index in [9.17, 15) is 4.79 Å². The summed E-state index contributed by atoms with van der Waals surface area (Å²) in [4.78, 5) is 16.7. The van der Waals surface area contributed by atoms with E-state index in [0.29, 0.717) is 18.0 Å². The number of aromatic nitrogens is 4. The van der Waals surface area contributed by atoms with Gasteiger partial charge in [-0.3, -0.25) is 9.48 Å². The lowest BCUT2D eigenvalue weighted by Gasteiger charge is -2.15. The normalized spacial score (nSPS) is 11.1. The lowest BCUT2D eigenvalue weighted by atomic mass is 10.1. The van der Waals surface area contributed by atoms with Gasteiger partial charge in [-0.25, -0.2) is 4.98 Å². The Morgan fingerprint density at radius 2 is 1.93 bits per heavy atom. The third kappa shape index (κ3) is 5.72. The third-order valence-electron chi connectivity index (χ3n) is 4.02. The Balaban J connectivity index is 0.00000196. The highest BCUT2D eigenvalue weighted by Gasteiger charge is 2.20. The van der Waals surface area contributed by atoms with Crippen molar-refractivity contribution in [2.45, 2.75) is 12.6 Å². The summed E-state index contributed by atoms with van der Waals surface area (Å²) in [6.07, 6.45) is 7.10. The summed E-state index contributed by atoms with van der Waals surface area (Å²) in [6, 6.07) is 6.78. The molecule has 10 heteroatoms. The zero-order valence-electron chi connectivity index (χ0n) is 15.8. The van der Waals surface area contributed by atoms with Crippen LogP contribution in [0.15, 0.2) is 49.1 Å². The van der Waals surface area contributed by atoms with Gasteiger partial charge in [-0.15, -0.1) is 24.8 Å². The molecule has 0 aliphatic heterocycles. The SMILES string of the molecule is CNC(C(=O)Nc1ccc(OCc2nccn2C)cc1)c1cnn(C)c1.Cl.Cl. The van der Waals surface area contributed by atoms with E-state index in [0.717, 1.165) is 11.4 Å². The van der Waals surface area contributed by atoms with Gasteiger partial charge in [-0.05, 0) is 31.3 Å². The Hall–Kier alpha value is -2.55. The standard InChI is InChI=1S/C18H22N6O2.2ClH/c1-19-17(13-10-21-24(3)11-13)18(25)22-14-4-6-15(7-5-14)26-12-16-20-8-9-23(16)2;;/h4-11,17,19H,12H2,1-3H3,(H,22,25);2*1H. The second-order valence-corrected chi connectivity index (χ2v) is 5.93. The quantitative estimate of drug-likeness (QED) is 0.605. The third-order valence-corrected chi connectivity index (χ3v) is 4.02. The second-order valence-electron chi connectivity index (χ2n) is 5.93. The zero-order valence-corrected chi connectivity index (χ0v) is 17.5.